The Bertz CT molecular complexity index is 1090. The predicted molar refractivity (Wildman–Crippen MR) is 110 cm³/mol. The zero-order valence-electron chi connectivity index (χ0n) is 15.8. The van der Waals surface area contributed by atoms with E-state index >= 15 is 0 Å². The largest absolute Gasteiger partial charge is 0.337 e. The maximum atomic E-state index is 4.59. The number of benzene rings is 1. The first-order valence-corrected chi connectivity index (χ1v) is 9.67. The quantitative estimate of drug-likeness (QED) is 0.574. The maximum absolute atomic E-state index is 4.59. The minimum absolute atomic E-state index is 0.659. The van der Waals surface area contributed by atoms with Gasteiger partial charge in [0.05, 0.1) is 18.1 Å². The van der Waals surface area contributed by atoms with Gasteiger partial charge in [-0.05, 0) is 49.5 Å². The van der Waals surface area contributed by atoms with Gasteiger partial charge in [0.15, 0.2) is 11.5 Å². The van der Waals surface area contributed by atoms with Gasteiger partial charge in [0.1, 0.15) is 0 Å². The molecule has 1 saturated heterocycles. The molecule has 1 aliphatic heterocycles. The van der Waals surface area contributed by atoms with E-state index in [0.717, 1.165) is 41.5 Å². The second-order valence-electron chi connectivity index (χ2n) is 7.29. The molecule has 0 bridgehead atoms. The number of rotatable bonds is 4. The van der Waals surface area contributed by atoms with Crippen LogP contribution in [-0.4, -0.2) is 37.2 Å². The van der Waals surface area contributed by atoms with Crippen molar-refractivity contribution in [3.8, 4) is 11.3 Å². The third-order valence-corrected chi connectivity index (χ3v) is 5.41. The molecule has 7 heteroatoms. The number of hydrogen-bond acceptors (Lipinski definition) is 5. The zero-order valence-corrected chi connectivity index (χ0v) is 15.8. The molecule has 1 aliphatic rings. The average Bonchev–Trinajstić information content (AvgIpc) is 3.36. The number of nitrogens with one attached hydrogen (secondary N) is 2. The number of hydrogen-bond donors (Lipinski definition) is 2. The summed E-state index contributed by atoms with van der Waals surface area (Å²) in [6.07, 6.45) is 11.8. The third-order valence-electron chi connectivity index (χ3n) is 5.41. The van der Waals surface area contributed by atoms with Crippen molar-refractivity contribution in [2.75, 3.05) is 18.4 Å². The number of anilines is 2. The van der Waals surface area contributed by atoms with Gasteiger partial charge < -0.3 is 10.6 Å². The van der Waals surface area contributed by atoms with E-state index in [0.29, 0.717) is 5.92 Å². The Morgan fingerprint density at radius 1 is 1.07 bits per heavy atom. The molecule has 0 amide bonds. The molecule has 1 aromatic carbocycles. The highest BCUT2D eigenvalue weighted by Gasteiger charge is 2.15. The van der Waals surface area contributed by atoms with E-state index in [9.17, 15) is 0 Å². The highest BCUT2D eigenvalue weighted by Crippen LogP contribution is 2.28. The van der Waals surface area contributed by atoms with Gasteiger partial charge in [0.2, 0.25) is 0 Å². The molecule has 1 fully saturated rings. The number of aryl methyl sites for hydroxylation is 1. The zero-order chi connectivity index (χ0) is 18.9. The molecule has 5 rings (SSSR count). The fraction of sp³-hybridized carbons (Fsp3) is 0.286. The lowest BCUT2D eigenvalue weighted by atomic mass is 9.90. The van der Waals surface area contributed by atoms with Crippen molar-refractivity contribution in [2.24, 2.45) is 7.05 Å². The molecule has 4 heterocycles. The van der Waals surface area contributed by atoms with Crippen molar-refractivity contribution in [2.45, 2.75) is 18.8 Å². The van der Waals surface area contributed by atoms with E-state index in [-0.39, 0.29) is 0 Å². The molecule has 0 aliphatic carbocycles. The maximum Gasteiger partial charge on any atom is 0.180 e. The van der Waals surface area contributed by atoms with Gasteiger partial charge in [0, 0.05) is 36.9 Å². The molecule has 4 aromatic rings. The molecule has 3 aromatic heterocycles. The second kappa shape index (κ2) is 7.09. The summed E-state index contributed by atoms with van der Waals surface area (Å²) in [6, 6.07) is 8.72. The normalized spacial score (nSPS) is 15.2. The van der Waals surface area contributed by atoms with Crippen LogP contribution in [0, 0.1) is 0 Å². The van der Waals surface area contributed by atoms with E-state index in [1.54, 1.807) is 10.9 Å². The number of piperidine rings is 1. The van der Waals surface area contributed by atoms with Gasteiger partial charge in [-0.1, -0.05) is 12.1 Å². The molecule has 0 radical (unpaired) electrons. The van der Waals surface area contributed by atoms with Crippen LogP contribution in [0.5, 0.6) is 0 Å². The molecule has 0 saturated carbocycles. The Hall–Kier alpha value is -3.19. The van der Waals surface area contributed by atoms with E-state index in [2.05, 4.69) is 50.0 Å². The van der Waals surface area contributed by atoms with Crippen LogP contribution in [0.25, 0.3) is 16.9 Å². The van der Waals surface area contributed by atoms with E-state index in [1.807, 2.05) is 36.2 Å². The molecule has 0 unspecified atom stereocenters. The third kappa shape index (κ3) is 3.14. The molecule has 7 nitrogen and oxygen atoms in total. The topological polar surface area (TPSA) is 72.1 Å². The number of nitrogens with zero attached hydrogens (tertiary/aromatic N) is 5. The van der Waals surface area contributed by atoms with Crippen molar-refractivity contribution in [3.63, 3.8) is 0 Å². The molecule has 0 spiro atoms. The van der Waals surface area contributed by atoms with Crippen LogP contribution in [0.4, 0.5) is 11.5 Å². The van der Waals surface area contributed by atoms with Crippen LogP contribution in [0.1, 0.15) is 24.3 Å². The van der Waals surface area contributed by atoms with Gasteiger partial charge >= 0.3 is 0 Å². The van der Waals surface area contributed by atoms with Crippen LogP contribution in [0.2, 0.25) is 0 Å². The Kier molecular flexibility index (Phi) is 4.29. The van der Waals surface area contributed by atoms with Gasteiger partial charge in [-0.25, -0.2) is 9.97 Å². The van der Waals surface area contributed by atoms with E-state index in [1.165, 1.54) is 18.4 Å². The summed E-state index contributed by atoms with van der Waals surface area (Å²) in [5, 5.41) is 11.1. The summed E-state index contributed by atoms with van der Waals surface area (Å²) in [6.45, 7) is 2.21. The summed E-state index contributed by atoms with van der Waals surface area (Å²) in [7, 11) is 1.91. The average molecular weight is 373 g/mol. The second-order valence-corrected chi connectivity index (χ2v) is 7.29. The van der Waals surface area contributed by atoms with Crippen LogP contribution >= 0.6 is 0 Å². The highest BCUT2D eigenvalue weighted by molar-refractivity contribution is 5.73. The Morgan fingerprint density at radius 3 is 2.64 bits per heavy atom. The predicted octanol–water partition coefficient (Wildman–Crippen LogP) is 3.34. The van der Waals surface area contributed by atoms with Crippen LogP contribution in [0.15, 0.2) is 55.2 Å². The first-order valence-electron chi connectivity index (χ1n) is 9.67. The smallest absolute Gasteiger partial charge is 0.180 e. The number of aromatic nitrogens is 5. The monoisotopic (exact) mass is 373 g/mol. The summed E-state index contributed by atoms with van der Waals surface area (Å²) in [5.41, 5.74) is 5.25. The van der Waals surface area contributed by atoms with Gasteiger partial charge in [-0.3, -0.25) is 9.08 Å². The lowest BCUT2D eigenvalue weighted by Gasteiger charge is -2.23. The fourth-order valence-corrected chi connectivity index (χ4v) is 3.91. The summed E-state index contributed by atoms with van der Waals surface area (Å²) < 4.78 is 3.83. The first-order chi connectivity index (χ1) is 13.8. The van der Waals surface area contributed by atoms with E-state index in [4.69, 9.17) is 0 Å². The van der Waals surface area contributed by atoms with Crippen LogP contribution in [-0.2, 0) is 7.05 Å². The minimum atomic E-state index is 0.659. The lowest BCUT2D eigenvalue weighted by molar-refractivity contribution is 0.460. The van der Waals surface area contributed by atoms with Crippen molar-refractivity contribution in [3.05, 3.63) is 60.8 Å². The standard InChI is InChI=1S/C21H23N7/c1-27-14-17(12-25-27)19-13-24-21-20(23-10-11-28(19)21)26-18-4-2-15(3-5-18)16-6-8-22-9-7-16/h2-5,10-14,16,22H,6-9H2,1H3,(H,23,26). The lowest BCUT2D eigenvalue weighted by Crippen LogP contribution is -2.26. The summed E-state index contributed by atoms with van der Waals surface area (Å²) >= 11 is 0. The minimum Gasteiger partial charge on any atom is -0.337 e. The van der Waals surface area contributed by atoms with E-state index < -0.39 is 0 Å². The Labute approximate surface area is 163 Å². The number of imidazole rings is 1. The SMILES string of the molecule is Cn1cc(-c2cnc3c(Nc4ccc(C5CCNCC5)cc4)nccn23)cn1. The van der Waals surface area contributed by atoms with Crippen molar-refractivity contribution in [1.82, 2.24) is 29.5 Å². The summed E-state index contributed by atoms with van der Waals surface area (Å²) in [5.74, 6) is 1.40. The van der Waals surface area contributed by atoms with Gasteiger partial charge in [0.25, 0.3) is 0 Å². The molecular formula is C21H23N7. The first kappa shape index (κ1) is 16.9. The van der Waals surface area contributed by atoms with Gasteiger partial charge in [-0.2, -0.15) is 5.10 Å². The number of fused-ring (bicyclic) bond motifs is 1. The summed E-state index contributed by atoms with van der Waals surface area (Å²) in [4.78, 5) is 9.09. The Balaban J connectivity index is 1.41. The van der Waals surface area contributed by atoms with Crippen LogP contribution < -0.4 is 10.6 Å². The van der Waals surface area contributed by atoms with Crippen molar-refractivity contribution in [1.29, 1.82) is 0 Å². The molecule has 0 atom stereocenters. The fourth-order valence-electron chi connectivity index (χ4n) is 3.91. The molecular weight excluding hydrogens is 350 g/mol. The Morgan fingerprint density at radius 2 is 1.89 bits per heavy atom. The molecule has 2 N–H and O–H groups in total. The molecule has 28 heavy (non-hydrogen) atoms. The van der Waals surface area contributed by atoms with Crippen LogP contribution in [0.3, 0.4) is 0 Å². The van der Waals surface area contributed by atoms with Crippen molar-refractivity contribution < 1.29 is 0 Å². The molecule has 142 valence electrons. The van der Waals surface area contributed by atoms with Gasteiger partial charge in [-0.15, -0.1) is 0 Å². The highest BCUT2D eigenvalue weighted by atomic mass is 15.2. The van der Waals surface area contributed by atoms with Crippen molar-refractivity contribution >= 4 is 17.2 Å².